The Balaban J connectivity index is 1.02. The zero-order valence-corrected chi connectivity index (χ0v) is 24.4. The van der Waals surface area contributed by atoms with Crippen LogP contribution in [-0.4, -0.2) is 33.0 Å². The molecule has 0 saturated heterocycles. The Labute approximate surface area is 249 Å². The van der Waals surface area contributed by atoms with Crippen LogP contribution in [0.2, 0.25) is 0 Å². The fourth-order valence-electron chi connectivity index (χ4n) is 5.91. The molecule has 5 aromatic rings. The van der Waals surface area contributed by atoms with Crippen LogP contribution in [0.15, 0.2) is 93.8 Å². The highest BCUT2D eigenvalue weighted by molar-refractivity contribution is 5.89. The van der Waals surface area contributed by atoms with Crippen molar-refractivity contribution >= 4 is 5.97 Å². The van der Waals surface area contributed by atoms with Gasteiger partial charge in [0, 0.05) is 22.3 Å². The van der Waals surface area contributed by atoms with Crippen LogP contribution in [0.1, 0.15) is 49.5 Å². The summed E-state index contributed by atoms with van der Waals surface area (Å²) < 4.78 is 17.6. The number of carbonyl (C=O) groups excluding carboxylic acids is 1. The van der Waals surface area contributed by atoms with E-state index < -0.39 is 0 Å². The van der Waals surface area contributed by atoms with Crippen molar-refractivity contribution in [3.05, 3.63) is 96.1 Å². The Bertz CT molecular complexity index is 1790. The first-order valence-electron chi connectivity index (χ1n) is 14.6. The van der Waals surface area contributed by atoms with Crippen LogP contribution >= 0.6 is 0 Å². The summed E-state index contributed by atoms with van der Waals surface area (Å²) in [5, 5.41) is 17.0. The monoisotopic (exact) mass is 572 g/mol. The Hall–Kier alpha value is -4.85. The molecule has 2 aliphatic rings. The molecule has 0 amide bonds. The van der Waals surface area contributed by atoms with Gasteiger partial charge in [-0.15, -0.1) is 20.4 Å². The van der Waals surface area contributed by atoms with Crippen molar-refractivity contribution in [2.75, 3.05) is 6.61 Å². The van der Waals surface area contributed by atoms with Gasteiger partial charge in [-0.25, -0.2) is 4.79 Å². The van der Waals surface area contributed by atoms with Crippen molar-refractivity contribution in [3.8, 4) is 45.8 Å². The summed E-state index contributed by atoms with van der Waals surface area (Å²) in [4.78, 5) is 12.6. The smallest absolute Gasteiger partial charge is 0.338 e. The highest BCUT2D eigenvalue weighted by Gasteiger charge is 2.36. The minimum Gasteiger partial charge on any atom is -0.462 e. The Kier molecular flexibility index (Phi) is 6.76. The van der Waals surface area contributed by atoms with Gasteiger partial charge in [0.2, 0.25) is 23.6 Å². The summed E-state index contributed by atoms with van der Waals surface area (Å²) >= 11 is 0. The van der Waals surface area contributed by atoms with E-state index in [1.165, 1.54) is 12.0 Å². The number of esters is 1. The Morgan fingerprint density at radius 1 is 0.744 bits per heavy atom. The van der Waals surface area contributed by atoms with Gasteiger partial charge in [-0.1, -0.05) is 51.1 Å². The second-order valence-corrected chi connectivity index (χ2v) is 12.4. The van der Waals surface area contributed by atoms with Gasteiger partial charge in [0.05, 0.1) is 12.2 Å². The maximum atomic E-state index is 12.6. The molecule has 0 radical (unpaired) electrons. The number of hydrogen-bond acceptors (Lipinski definition) is 8. The molecule has 2 heterocycles. The largest absolute Gasteiger partial charge is 0.462 e. The molecule has 2 aromatic heterocycles. The van der Waals surface area contributed by atoms with Crippen molar-refractivity contribution in [2.45, 2.75) is 39.0 Å². The average Bonchev–Trinajstić information content (AvgIpc) is 3.85. The SMILES string of the molecule is CC(C)(C)c1ccc(-c2nnc(-c3cccc(-c4nnc(-c5ccc(C(=O)OCC6CC7C=CC6C7)cc5)o4)c3)o2)cc1. The van der Waals surface area contributed by atoms with Gasteiger partial charge < -0.3 is 13.6 Å². The predicted molar refractivity (Wildman–Crippen MR) is 162 cm³/mol. The number of benzene rings is 3. The minimum absolute atomic E-state index is 0.0668. The molecular formula is C35H32N4O4. The van der Waals surface area contributed by atoms with E-state index in [4.69, 9.17) is 13.6 Å². The minimum atomic E-state index is -0.313. The van der Waals surface area contributed by atoms with E-state index in [9.17, 15) is 4.79 Å². The van der Waals surface area contributed by atoms with E-state index in [1.807, 2.05) is 36.4 Å². The topological polar surface area (TPSA) is 104 Å². The number of rotatable bonds is 7. The molecule has 1 saturated carbocycles. The van der Waals surface area contributed by atoms with Crippen LogP contribution in [0.5, 0.6) is 0 Å². The van der Waals surface area contributed by atoms with E-state index in [2.05, 4.69) is 65.5 Å². The summed E-state index contributed by atoms with van der Waals surface area (Å²) in [6, 6.07) is 22.7. The van der Waals surface area contributed by atoms with Gasteiger partial charge in [0.1, 0.15) is 0 Å². The Morgan fingerprint density at radius 2 is 1.30 bits per heavy atom. The molecule has 7 rings (SSSR count). The van der Waals surface area contributed by atoms with Gasteiger partial charge in [0.25, 0.3) is 0 Å². The average molecular weight is 573 g/mol. The molecule has 43 heavy (non-hydrogen) atoms. The number of aromatic nitrogens is 4. The highest BCUT2D eigenvalue weighted by Crippen LogP contribution is 2.43. The predicted octanol–water partition coefficient (Wildman–Crippen LogP) is 7.79. The quantitative estimate of drug-likeness (QED) is 0.144. The summed E-state index contributed by atoms with van der Waals surface area (Å²) in [6.45, 7) is 7.01. The van der Waals surface area contributed by atoms with Gasteiger partial charge in [-0.05, 0) is 96.2 Å². The first kappa shape index (κ1) is 27.0. The zero-order chi connectivity index (χ0) is 29.6. The van der Waals surface area contributed by atoms with Crippen molar-refractivity contribution in [1.29, 1.82) is 0 Å². The molecule has 0 spiro atoms. The van der Waals surface area contributed by atoms with Gasteiger partial charge in [0.15, 0.2) is 0 Å². The lowest BCUT2D eigenvalue weighted by molar-refractivity contribution is 0.0420. The van der Waals surface area contributed by atoms with Crippen LogP contribution in [-0.2, 0) is 10.2 Å². The molecule has 3 aromatic carbocycles. The van der Waals surface area contributed by atoms with E-state index in [1.54, 1.807) is 24.3 Å². The van der Waals surface area contributed by atoms with E-state index in [0.29, 0.717) is 59.1 Å². The first-order valence-corrected chi connectivity index (χ1v) is 14.6. The molecule has 8 nitrogen and oxygen atoms in total. The lowest BCUT2D eigenvalue weighted by atomic mass is 9.87. The highest BCUT2D eigenvalue weighted by atomic mass is 16.5. The third kappa shape index (κ3) is 5.52. The summed E-state index contributed by atoms with van der Waals surface area (Å²) in [5.41, 5.74) is 4.84. The lowest BCUT2D eigenvalue weighted by Gasteiger charge is -2.18. The molecule has 2 bridgehead atoms. The molecule has 8 heteroatoms. The second-order valence-electron chi connectivity index (χ2n) is 12.4. The molecule has 0 N–H and O–H groups in total. The number of nitrogens with zero attached hydrogens (tertiary/aromatic N) is 4. The fourth-order valence-corrected chi connectivity index (χ4v) is 5.91. The molecule has 216 valence electrons. The molecule has 2 aliphatic carbocycles. The summed E-state index contributed by atoms with van der Waals surface area (Å²) in [7, 11) is 0. The van der Waals surface area contributed by atoms with E-state index in [-0.39, 0.29) is 11.4 Å². The summed E-state index contributed by atoms with van der Waals surface area (Å²) in [6.07, 6.45) is 6.86. The maximum Gasteiger partial charge on any atom is 0.338 e. The number of ether oxygens (including phenoxy) is 1. The maximum absolute atomic E-state index is 12.6. The number of allylic oxidation sites excluding steroid dienone is 2. The number of hydrogen-bond donors (Lipinski definition) is 0. The van der Waals surface area contributed by atoms with Crippen LogP contribution in [0, 0.1) is 17.8 Å². The standard InChI is InChI=1S/C35H32N4O4/c1-35(2,3)29-15-13-23(14-16-29)31-37-39-33(43-31)27-6-4-5-26(19-27)32-38-36-30(42-32)22-9-11-24(12-10-22)34(40)41-20-28-18-21-7-8-25(28)17-21/h4-16,19,21,25,28H,17-18,20H2,1-3H3. The normalized spacial score (nSPS) is 19.2. The third-order valence-corrected chi connectivity index (χ3v) is 8.42. The number of fused-ring (bicyclic) bond motifs is 2. The van der Waals surface area contributed by atoms with Crippen molar-refractivity contribution in [3.63, 3.8) is 0 Å². The zero-order valence-electron chi connectivity index (χ0n) is 24.4. The molecular weight excluding hydrogens is 540 g/mol. The molecule has 0 aliphatic heterocycles. The first-order chi connectivity index (χ1) is 20.8. The van der Waals surface area contributed by atoms with Crippen LogP contribution in [0.25, 0.3) is 45.8 Å². The third-order valence-electron chi connectivity index (χ3n) is 8.42. The van der Waals surface area contributed by atoms with Crippen LogP contribution in [0.3, 0.4) is 0 Å². The summed E-state index contributed by atoms with van der Waals surface area (Å²) in [5.74, 6) is 2.89. The van der Waals surface area contributed by atoms with E-state index >= 15 is 0 Å². The van der Waals surface area contributed by atoms with Crippen molar-refractivity contribution in [1.82, 2.24) is 20.4 Å². The van der Waals surface area contributed by atoms with Gasteiger partial charge >= 0.3 is 5.97 Å². The van der Waals surface area contributed by atoms with E-state index in [0.717, 1.165) is 23.1 Å². The molecule has 3 unspecified atom stereocenters. The van der Waals surface area contributed by atoms with Crippen molar-refractivity contribution in [2.24, 2.45) is 17.8 Å². The van der Waals surface area contributed by atoms with Gasteiger partial charge in [-0.2, -0.15) is 0 Å². The lowest BCUT2D eigenvalue weighted by Crippen LogP contribution is -2.17. The Morgan fingerprint density at radius 3 is 1.81 bits per heavy atom. The molecule has 1 fully saturated rings. The van der Waals surface area contributed by atoms with Crippen molar-refractivity contribution < 1.29 is 18.4 Å². The fraction of sp³-hybridized carbons (Fsp3) is 0.286. The molecule has 3 atom stereocenters. The van der Waals surface area contributed by atoms with Crippen LogP contribution < -0.4 is 0 Å². The number of carbonyl (C=O) groups is 1. The van der Waals surface area contributed by atoms with Crippen LogP contribution in [0.4, 0.5) is 0 Å². The van der Waals surface area contributed by atoms with Gasteiger partial charge in [-0.3, -0.25) is 0 Å². The second kappa shape index (κ2) is 10.8.